The molecule has 90 valence electrons. The van der Waals surface area contributed by atoms with Crippen LogP contribution in [0.15, 0.2) is 0 Å². The molecule has 0 aromatic rings. The van der Waals surface area contributed by atoms with Gasteiger partial charge in [-0.1, -0.05) is 33.6 Å². The van der Waals surface area contributed by atoms with Crippen molar-refractivity contribution in [2.75, 3.05) is 13.1 Å². The standard InChI is InChI=1S/C13H27NO/c1-4-7-10-14(11-8-5-2)13(6-3)9-12-15/h12-13H,4-11H2,1-3H3. The van der Waals surface area contributed by atoms with E-state index in [4.69, 9.17) is 0 Å². The van der Waals surface area contributed by atoms with Gasteiger partial charge in [-0.15, -0.1) is 0 Å². The molecule has 15 heavy (non-hydrogen) atoms. The van der Waals surface area contributed by atoms with E-state index in [9.17, 15) is 4.79 Å². The monoisotopic (exact) mass is 213 g/mol. The van der Waals surface area contributed by atoms with Crippen molar-refractivity contribution >= 4 is 6.29 Å². The Hall–Kier alpha value is -0.370. The quantitative estimate of drug-likeness (QED) is 0.519. The fourth-order valence-corrected chi connectivity index (χ4v) is 1.88. The molecule has 0 aliphatic rings. The molecule has 0 saturated heterocycles. The van der Waals surface area contributed by atoms with Crippen LogP contribution in [0, 0.1) is 0 Å². The summed E-state index contributed by atoms with van der Waals surface area (Å²) in [6.07, 6.45) is 7.83. The van der Waals surface area contributed by atoms with Crippen molar-refractivity contribution in [3.63, 3.8) is 0 Å². The van der Waals surface area contributed by atoms with E-state index in [1.165, 1.54) is 25.7 Å². The van der Waals surface area contributed by atoms with Crippen molar-refractivity contribution in [1.82, 2.24) is 4.90 Å². The number of unbranched alkanes of at least 4 members (excludes halogenated alkanes) is 2. The molecule has 0 spiro atoms. The van der Waals surface area contributed by atoms with E-state index in [0.717, 1.165) is 25.8 Å². The predicted octanol–water partition coefficient (Wildman–Crippen LogP) is 3.26. The topological polar surface area (TPSA) is 20.3 Å². The van der Waals surface area contributed by atoms with Gasteiger partial charge in [-0.3, -0.25) is 4.90 Å². The van der Waals surface area contributed by atoms with Gasteiger partial charge in [0.15, 0.2) is 0 Å². The molecule has 1 unspecified atom stereocenters. The van der Waals surface area contributed by atoms with Crippen LogP contribution >= 0.6 is 0 Å². The zero-order valence-corrected chi connectivity index (χ0v) is 10.7. The van der Waals surface area contributed by atoms with Crippen LogP contribution in [0.1, 0.15) is 59.3 Å². The Balaban J connectivity index is 4.08. The Bertz CT molecular complexity index is 139. The van der Waals surface area contributed by atoms with Gasteiger partial charge in [0.1, 0.15) is 6.29 Å². The molecule has 0 N–H and O–H groups in total. The number of hydrogen-bond donors (Lipinski definition) is 0. The summed E-state index contributed by atoms with van der Waals surface area (Å²) < 4.78 is 0. The molecule has 0 aromatic heterocycles. The van der Waals surface area contributed by atoms with E-state index in [1.54, 1.807) is 0 Å². The molecule has 0 heterocycles. The molecule has 0 fully saturated rings. The molecular weight excluding hydrogens is 186 g/mol. The summed E-state index contributed by atoms with van der Waals surface area (Å²) in [5, 5.41) is 0. The molecule has 0 rings (SSSR count). The summed E-state index contributed by atoms with van der Waals surface area (Å²) in [6, 6.07) is 0.473. The highest BCUT2D eigenvalue weighted by molar-refractivity contribution is 5.50. The van der Waals surface area contributed by atoms with Crippen molar-refractivity contribution in [2.45, 2.75) is 65.3 Å². The van der Waals surface area contributed by atoms with Crippen LogP contribution in [-0.4, -0.2) is 30.3 Å². The Morgan fingerprint density at radius 3 is 1.93 bits per heavy atom. The van der Waals surface area contributed by atoms with Gasteiger partial charge in [-0.25, -0.2) is 0 Å². The SMILES string of the molecule is CCCCN(CCCC)C(CC)CC=O. The lowest BCUT2D eigenvalue weighted by atomic mass is 10.1. The van der Waals surface area contributed by atoms with Crippen molar-refractivity contribution in [3.05, 3.63) is 0 Å². The third-order valence-electron chi connectivity index (χ3n) is 2.95. The first-order valence-electron chi connectivity index (χ1n) is 6.47. The minimum Gasteiger partial charge on any atom is -0.303 e. The second kappa shape index (κ2) is 10.2. The van der Waals surface area contributed by atoms with Crippen LogP contribution in [0.25, 0.3) is 0 Å². The third kappa shape index (κ3) is 6.67. The predicted molar refractivity (Wildman–Crippen MR) is 66.1 cm³/mol. The van der Waals surface area contributed by atoms with Gasteiger partial charge in [0.2, 0.25) is 0 Å². The van der Waals surface area contributed by atoms with E-state index in [2.05, 4.69) is 25.7 Å². The molecule has 0 radical (unpaired) electrons. The lowest BCUT2D eigenvalue weighted by Crippen LogP contribution is -2.36. The maximum atomic E-state index is 10.6. The lowest BCUT2D eigenvalue weighted by Gasteiger charge is -2.29. The summed E-state index contributed by atoms with van der Waals surface area (Å²) in [6.45, 7) is 8.93. The second-order valence-corrected chi connectivity index (χ2v) is 4.21. The van der Waals surface area contributed by atoms with E-state index >= 15 is 0 Å². The third-order valence-corrected chi connectivity index (χ3v) is 2.95. The molecule has 1 atom stereocenters. The van der Waals surface area contributed by atoms with E-state index in [-0.39, 0.29) is 0 Å². The molecule has 2 nitrogen and oxygen atoms in total. The fourth-order valence-electron chi connectivity index (χ4n) is 1.88. The maximum absolute atomic E-state index is 10.6. The number of hydrogen-bond acceptors (Lipinski definition) is 2. The van der Waals surface area contributed by atoms with Crippen LogP contribution < -0.4 is 0 Å². The Labute approximate surface area is 95.0 Å². The van der Waals surface area contributed by atoms with E-state index in [1.807, 2.05) is 0 Å². The Morgan fingerprint density at radius 1 is 1.07 bits per heavy atom. The van der Waals surface area contributed by atoms with Crippen molar-refractivity contribution in [3.8, 4) is 0 Å². The van der Waals surface area contributed by atoms with Crippen LogP contribution in [0.2, 0.25) is 0 Å². The minimum absolute atomic E-state index is 0.473. The molecule has 0 amide bonds. The van der Waals surface area contributed by atoms with Gasteiger partial charge in [0, 0.05) is 12.5 Å². The highest BCUT2D eigenvalue weighted by atomic mass is 16.1. The van der Waals surface area contributed by atoms with Crippen LogP contribution in [0.5, 0.6) is 0 Å². The van der Waals surface area contributed by atoms with Crippen LogP contribution in [0.3, 0.4) is 0 Å². The van der Waals surface area contributed by atoms with Gasteiger partial charge in [0.25, 0.3) is 0 Å². The zero-order chi connectivity index (χ0) is 11.5. The van der Waals surface area contributed by atoms with Crippen molar-refractivity contribution in [2.24, 2.45) is 0 Å². The molecular formula is C13H27NO. The first-order valence-corrected chi connectivity index (χ1v) is 6.47. The number of carbonyl (C=O) groups excluding carboxylic acids is 1. The largest absolute Gasteiger partial charge is 0.303 e. The van der Waals surface area contributed by atoms with Crippen molar-refractivity contribution < 1.29 is 4.79 Å². The lowest BCUT2D eigenvalue weighted by molar-refractivity contribution is -0.109. The maximum Gasteiger partial charge on any atom is 0.121 e. The molecule has 0 aromatic carbocycles. The van der Waals surface area contributed by atoms with E-state index < -0.39 is 0 Å². The highest BCUT2D eigenvalue weighted by Gasteiger charge is 2.14. The summed E-state index contributed by atoms with van der Waals surface area (Å²) in [5.41, 5.74) is 0. The summed E-state index contributed by atoms with van der Waals surface area (Å²) in [7, 11) is 0. The number of aldehydes is 1. The van der Waals surface area contributed by atoms with Gasteiger partial charge in [-0.2, -0.15) is 0 Å². The smallest absolute Gasteiger partial charge is 0.121 e. The highest BCUT2D eigenvalue weighted by Crippen LogP contribution is 2.10. The first kappa shape index (κ1) is 14.6. The number of carbonyl (C=O) groups is 1. The fraction of sp³-hybridized carbons (Fsp3) is 0.923. The molecule has 0 aliphatic carbocycles. The molecule has 2 heteroatoms. The van der Waals surface area contributed by atoms with Gasteiger partial charge < -0.3 is 4.79 Å². The first-order chi connectivity index (χ1) is 7.29. The minimum atomic E-state index is 0.473. The van der Waals surface area contributed by atoms with Crippen LogP contribution in [0.4, 0.5) is 0 Å². The zero-order valence-electron chi connectivity index (χ0n) is 10.7. The molecule has 0 bridgehead atoms. The summed E-state index contributed by atoms with van der Waals surface area (Å²) >= 11 is 0. The summed E-state index contributed by atoms with van der Waals surface area (Å²) in [5.74, 6) is 0. The average Bonchev–Trinajstić information content (AvgIpc) is 2.27. The Kier molecular flexibility index (Phi) is 9.91. The second-order valence-electron chi connectivity index (χ2n) is 4.21. The average molecular weight is 213 g/mol. The van der Waals surface area contributed by atoms with Crippen LogP contribution in [-0.2, 0) is 4.79 Å². The number of rotatable bonds is 10. The Morgan fingerprint density at radius 2 is 1.60 bits per heavy atom. The molecule has 0 aliphatic heterocycles. The summed E-state index contributed by atoms with van der Waals surface area (Å²) in [4.78, 5) is 13.1. The van der Waals surface area contributed by atoms with Gasteiger partial charge in [-0.05, 0) is 32.4 Å². The van der Waals surface area contributed by atoms with Crippen molar-refractivity contribution in [1.29, 1.82) is 0 Å². The molecule has 0 saturated carbocycles. The van der Waals surface area contributed by atoms with Gasteiger partial charge >= 0.3 is 0 Å². The van der Waals surface area contributed by atoms with Gasteiger partial charge in [0.05, 0.1) is 0 Å². The number of nitrogens with zero attached hydrogens (tertiary/aromatic N) is 1. The van der Waals surface area contributed by atoms with E-state index in [0.29, 0.717) is 12.5 Å². The normalized spacial score (nSPS) is 13.1.